The summed E-state index contributed by atoms with van der Waals surface area (Å²) < 4.78 is 0. The van der Waals surface area contributed by atoms with Gasteiger partial charge in [-0.1, -0.05) is 6.42 Å². The average Bonchev–Trinajstić information content (AvgIpc) is 2.38. The predicted molar refractivity (Wildman–Crippen MR) is 77.2 cm³/mol. The Bertz CT molecular complexity index is 397. The summed E-state index contributed by atoms with van der Waals surface area (Å²) >= 11 is 0. The number of nitrogens with zero attached hydrogens (tertiary/aromatic N) is 3. The van der Waals surface area contributed by atoms with Crippen molar-refractivity contribution in [1.29, 1.82) is 0 Å². The first-order valence-corrected chi connectivity index (χ1v) is 7.65. The Hall–Kier alpha value is -1.16. The lowest BCUT2D eigenvalue weighted by Crippen LogP contribution is -2.36. The largest absolute Gasteiger partial charge is 0.355 e. The van der Waals surface area contributed by atoms with E-state index >= 15 is 0 Å². The molecule has 4 heteroatoms. The van der Waals surface area contributed by atoms with Crippen molar-refractivity contribution >= 4 is 5.82 Å². The number of anilines is 1. The molecule has 1 unspecified atom stereocenters. The molecular weight excluding hydrogens is 236 g/mol. The molecule has 1 aromatic rings. The molecule has 1 aliphatic heterocycles. The highest BCUT2D eigenvalue weighted by atomic mass is 15.3. The third-order valence-corrected chi connectivity index (χ3v) is 4.61. The molecular formula is C15H24N4. The van der Waals surface area contributed by atoms with Crippen LogP contribution >= 0.6 is 0 Å². The second-order valence-electron chi connectivity index (χ2n) is 5.98. The van der Waals surface area contributed by atoms with Crippen molar-refractivity contribution in [2.45, 2.75) is 44.4 Å². The van der Waals surface area contributed by atoms with Crippen LogP contribution in [0.15, 0.2) is 12.1 Å². The molecule has 1 aromatic heterocycles. The van der Waals surface area contributed by atoms with E-state index in [0.717, 1.165) is 37.8 Å². The standard InChI is InChI=1S/C15H24N4/c16-9-8-12-3-2-10-19(11-12)15-7-6-14(17-18-15)13-4-1-5-13/h6-7,12-13H,1-5,8-11,16H2. The number of hydrogen-bond acceptors (Lipinski definition) is 4. The van der Waals surface area contributed by atoms with Gasteiger partial charge >= 0.3 is 0 Å². The average molecular weight is 260 g/mol. The molecule has 104 valence electrons. The highest BCUT2D eigenvalue weighted by Crippen LogP contribution is 2.35. The number of piperidine rings is 1. The van der Waals surface area contributed by atoms with Crippen molar-refractivity contribution in [3.63, 3.8) is 0 Å². The minimum absolute atomic E-state index is 0.674. The number of aromatic nitrogens is 2. The van der Waals surface area contributed by atoms with E-state index < -0.39 is 0 Å². The van der Waals surface area contributed by atoms with Gasteiger partial charge in [0.15, 0.2) is 5.82 Å². The topological polar surface area (TPSA) is 55.0 Å². The van der Waals surface area contributed by atoms with Gasteiger partial charge in [0.25, 0.3) is 0 Å². The van der Waals surface area contributed by atoms with Gasteiger partial charge in [0.2, 0.25) is 0 Å². The molecule has 4 nitrogen and oxygen atoms in total. The fourth-order valence-corrected chi connectivity index (χ4v) is 3.17. The van der Waals surface area contributed by atoms with Crippen LogP contribution in [0.4, 0.5) is 5.82 Å². The van der Waals surface area contributed by atoms with Gasteiger partial charge in [-0.2, -0.15) is 5.10 Å². The second kappa shape index (κ2) is 5.87. The lowest BCUT2D eigenvalue weighted by Gasteiger charge is -2.33. The van der Waals surface area contributed by atoms with Crippen molar-refractivity contribution < 1.29 is 0 Å². The predicted octanol–water partition coefficient (Wildman–Crippen LogP) is 2.31. The Kier molecular flexibility index (Phi) is 3.97. The number of nitrogens with two attached hydrogens (primary N) is 1. The van der Waals surface area contributed by atoms with Crippen LogP contribution in [0.25, 0.3) is 0 Å². The van der Waals surface area contributed by atoms with E-state index in [0.29, 0.717) is 5.92 Å². The summed E-state index contributed by atoms with van der Waals surface area (Å²) in [6, 6.07) is 4.34. The van der Waals surface area contributed by atoms with Crippen LogP contribution in [-0.4, -0.2) is 29.8 Å². The fraction of sp³-hybridized carbons (Fsp3) is 0.733. The lowest BCUT2D eigenvalue weighted by molar-refractivity contribution is 0.391. The van der Waals surface area contributed by atoms with E-state index in [4.69, 9.17) is 5.73 Å². The van der Waals surface area contributed by atoms with Crippen molar-refractivity contribution in [2.24, 2.45) is 11.7 Å². The lowest BCUT2D eigenvalue weighted by atomic mass is 9.83. The van der Waals surface area contributed by atoms with Crippen LogP contribution < -0.4 is 10.6 Å². The molecule has 0 amide bonds. The summed E-state index contributed by atoms with van der Waals surface area (Å²) in [5, 5.41) is 8.88. The van der Waals surface area contributed by atoms with Crippen molar-refractivity contribution in [1.82, 2.24) is 10.2 Å². The van der Waals surface area contributed by atoms with E-state index in [-0.39, 0.29) is 0 Å². The SMILES string of the molecule is NCCC1CCCN(c2ccc(C3CCC3)nn2)C1. The van der Waals surface area contributed by atoms with E-state index in [9.17, 15) is 0 Å². The van der Waals surface area contributed by atoms with E-state index in [1.54, 1.807) is 0 Å². The quantitative estimate of drug-likeness (QED) is 0.902. The van der Waals surface area contributed by atoms with E-state index in [2.05, 4.69) is 27.2 Å². The molecule has 1 aliphatic carbocycles. The minimum Gasteiger partial charge on any atom is -0.355 e. The molecule has 1 saturated heterocycles. The Morgan fingerprint density at radius 2 is 2.05 bits per heavy atom. The first-order chi connectivity index (χ1) is 9.36. The summed E-state index contributed by atoms with van der Waals surface area (Å²) in [4.78, 5) is 2.38. The third kappa shape index (κ3) is 2.89. The highest BCUT2D eigenvalue weighted by molar-refractivity contribution is 5.38. The first kappa shape index (κ1) is 12.9. The summed E-state index contributed by atoms with van der Waals surface area (Å²) in [5.74, 6) is 2.45. The number of rotatable bonds is 4. The Balaban J connectivity index is 1.64. The molecule has 2 N–H and O–H groups in total. The molecule has 0 bridgehead atoms. The summed E-state index contributed by atoms with van der Waals surface area (Å²) in [6.07, 6.45) is 7.61. The molecule has 0 spiro atoms. The zero-order valence-corrected chi connectivity index (χ0v) is 11.6. The van der Waals surface area contributed by atoms with Crippen molar-refractivity contribution in [3.8, 4) is 0 Å². The molecule has 1 atom stereocenters. The van der Waals surface area contributed by atoms with Gasteiger partial charge in [0.05, 0.1) is 5.69 Å². The van der Waals surface area contributed by atoms with Gasteiger partial charge < -0.3 is 10.6 Å². The maximum atomic E-state index is 5.67. The summed E-state index contributed by atoms with van der Waals surface area (Å²) in [7, 11) is 0. The van der Waals surface area contributed by atoms with Crippen LogP contribution in [0.3, 0.4) is 0 Å². The van der Waals surface area contributed by atoms with Gasteiger partial charge in [0, 0.05) is 19.0 Å². The molecule has 2 fully saturated rings. The van der Waals surface area contributed by atoms with Crippen LogP contribution in [-0.2, 0) is 0 Å². The van der Waals surface area contributed by atoms with Gasteiger partial charge in [-0.15, -0.1) is 5.10 Å². The smallest absolute Gasteiger partial charge is 0.151 e. The maximum Gasteiger partial charge on any atom is 0.151 e. The van der Waals surface area contributed by atoms with Crippen molar-refractivity contribution in [3.05, 3.63) is 17.8 Å². The highest BCUT2D eigenvalue weighted by Gasteiger charge is 2.23. The van der Waals surface area contributed by atoms with Crippen LogP contribution in [0.1, 0.15) is 50.1 Å². The summed E-state index contributed by atoms with van der Waals surface area (Å²) in [5.41, 5.74) is 6.86. The van der Waals surface area contributed by atoms with Crippen LogP contribution in [0, 0.1) is 5.92 Å². The van der Waals surface area contributed by atoms with Gasteiger partial charge in [-0.05, 0) is 56.7 Å². The molecule has 2 aliphatic rings. The van der Waals surface area contributed by atoms with Crippen LogP contribution in [0.5, 0.6) is 0 Å². The summed E-state index contributed by atoms with van der Waals surface area (Å²) in [6.45, 7) is 3.00. The molecule has 19 heavy (non-hydrogen) atoms. The minimum atomic E-state index is 0.674. The van der Waals surface area contributed by atoms with E-state index in [1.807, 2.05) is 0 Å². The maximum absolute atomic E-state index is 5.67. The number of hydrogen-bond donors (Lipinski definition) is 1. The third-order valence-electron chi connectivity index (χ3n) is 4.61. The molecule has 1 saturated carbocycles. The molecule has 0 aromatic carbocycles. The Morgan fingerprint density at radius 1 is 1.16 bits per heavy atom. The van der Waals surface area contributed by atoms with Gasteiger partial charge in [-0.3, -0.25) is 0 Å². The van der Waals surface area contributed by atoms with Crippen LogP contribution in [0.2, 0.25) is 0 Å². The molecule has 0 radical (unpaired) electrons. The fourth-order valence-electron chi connectivity index (χ4n) is 3.17. The Labute approximate surface area is 115 Å². The van der Waals surface area contributed by atoms with Gasteiger partial charge in [0.1, 0.15) is 0 Å². The Morgan fingerprint density at radius 3 is 2.68 bits per heavy atom. The zero-order chi connectivity index (χ0) is 13.1. The van der Waals surface area contributed by atoms with Gasteiger partial charge in [-0.25, -0.2) is 0 Å². The molecule has 2 heterocycles. The first-order valence-electron chi connectivity index (χ1n) is 7.65. The zero-order valence-electron chi connectivity index (χ0n) is 11.6. The van der Waals surface area contributed by atoms with E-state index in [1.165, 1.54) is 37.8 Å². The van der Waals surface area contributed by atoms with Crippen molar-refractivity contribution in [2.75, 3.05) is 24.5 Å². The normalized spacial score (nSPS) is 24.3. The monoisotopic (exact) mass is 260 g/mol. The molecule has 3 rings (SSSR count). The second-order valence-corrected chi connectivity index (χ2v) is 5.98.